The van der Waals surface area contributed by atoms with Gasteiger partial charge >= 0.3 is 5.97 Å². The molecular weight excluding hydrogens is 228 g/mol. The molecule has 88 valence electrons. The van der Waals surface area contributed by atoms with Crippen LogP contribution in [0, 0.1) is 12.8 Å². The van der Waals surface area contributed by atoms with Gasteiger partial charge in [0.25, 0.3) is 0 Å². The van der Waals surface area contributed by atoms with Crippen molar-refractivity contribution in [2.45, 2.75) is 13.3 Å². The van der Waals surface area contributed by atoms with E-state index in [4.69, 9.17) is 14.6 Å². The maximum absolute atomic E-state index is 10.9. The lowest BCUT2D eigenvalue weighted by Crippen LogP contribution is -2.12. The van der Waals surface area contributed by atoms with Gasteiger partial charge in [0.15, 0.2) is 4.88 Å². The van der Waals surface area contributed by atoms with Crippen molar-refractivity contribution in [1.82, 2.24) is 0 Å². The number of carboxylic acids is 1. The Bertz CT molecular complexity index is 379. The van der Waals surface area contributed by atoms with Crippen LogP contribution >= 0.6 is 11.3 Å². The van der Waals surface area contributed by atoms with Crippen LogP contribution in [0.2, 0.25) is 0 Å². The predicted molar refractivity (Wildman–Crippen MR) is 60.4 cm³/mol. The highest BCUT2D eigenvalue weighted by Gasteiger charge is 2.19. The zero-order chi connectivity index (χ0) is 11.5. The van der Waals surface area contributed by atoms with E-state index < -0.39 is 5.97 Å². The van der Waals surface area contributed by atoms with E-state index in [0.717, 1.165) is 17.9 Å². The van der Waals surface area contributed by atoms with Gasteiger partial charge < -0.3 is 14.6 Å². The molecule has 0 saturated carbocycles. The lowest BCUT2D eigenvalue weighted by Gasteiger charge is -2.09. The number of ether oxygens (including phenoxy) is 2. The van der Waals surface area contributed by atoms with Gasteiger partial charge in [-0.1, -0.05) is 0 Å². The van der Waals surface area contributed by atoms with Crippen molar-refractivity contribution in [3.63, 3.8) is 0 Å². The molecule has 0 aromatic carbocycles. The van der Waals surface area contributed by atoms with Crippen molar-refractivity contribution in [2.24, 2.45) is 5.92 Å². The van der Waals surface area contributed by atoms with Crippen LogP contribution in [-0.4, -0.2) is 30.9 Å². The fourth-order valence-corrected chi connectivity index (χ4v) is 2.46. The molecule has 0 bridgehead atoms. The van der Waals surface area contributed by atoms with Crippen molar-refractivity contribution in [2.75, 3.05) is 19.8 Å². The number of thiophene rings is 1. The lowest BCUT2D eigenvalue weighted by molar-refractivity contribution is 0.0697. The van der Waals surface area contributed by atoms with E-state index in [9.17, 15) is 4.79 Å². The normalized spacial score (nSPS) is 19.9. The first-order valence-corrected chi connectivity index (χ1v) is 6.02. The van der Waals surface area contributed by atoms with Gasteiger partial charge in [-0.25, -0.2) is 4.79 Å². The zero-order valence-electron chi connectivity index (χ0n) is 9.06. The van der Waals surface area contributed by atoms with Gasteiger partial charge in [-0.3, -0.25) is 0 Å². The third-order valence-electron chi connectivity index (χ3n) is 2.51. The second-order valence-electron chi connectivity index (χ2n) is 3.90. The molecule has 4 nitrogen and oxygen atoms in total. The topological polar surface area (TPSA) is 55.8 Å². The molecule has 1 aromatic rings. The first kappa shape index (κ1) is 11.4. The molecule has 2 heterocycles. The van der Waals surface area contributed by atoms with Crippen LogP contribution < -0.4 is 4.74 Å². The summed E-state index contributed by atoms with van der Waals surface area (Å²) in [5.41, 5.74) is 0. The summed E-state index contributed by atoms with van der Waals surface area (Å²) in [5.74, 6) is -0.0421. The van der Waals surface area contributed by atoms with Crippen molar-refractivity contribution in [3.05, 3.63) is 15.8 Å². The van der Waals surface area contributed by atoms with E-state index in [1.165, 1.54) is 11.3 Å². The number of hydrogen-bond acceptors (Lipinski definition) is 4. The van der Waals surface area contributed by atoms with E-state index in [1.807, 2.05) is 6.92 Å². The van der Waals surface area contributed by atoms with E-state index in [-0.39, 0.29) is 4.88 Å². The van der Waals surface area contributed by atoms with E-state index in [2.05, 4.69) is 0 Å². The van der Waals surface area contributed by atoms with Crippen LogP contribution in [0.3, 0.4) is 0 Å². The van der Waals surface area contributed by atoms with Gasteiger partial charge in [0.2, 0.25) is 0 Å². The number of aryl methyl sites for hydroxylation is 1. The Labute approximate surface area is 97.8 Å². The molecule has 2 rings (SSSR count). The van der Waals surface area contributed by atoms with Crippen molar-refractivity contribution < 1.29 is 19.4 Å². The summed E-state index contributed by atoms with van der Waals surface area (Å²) in [6.45, 7) is 3.91. The second-order valence-corrected chi connectivity index (χ2v) is 5.15. The van der Waals surface area contributed by atoms with Crippen LogP contribution in [0.15, 0.2) is 6.07 Å². The van der Waals surface area contributed by atoms with Crippen LogP contribution in [0.25, 0.3) is 0 Å². The summed E-state index contributed by atoms with van der Waals surface area (Å²) in [7, 11) is 0. The number of rotatable bonds is 4. The summed E-state index contributed by atoms with van der Waals surface area (Å²) in [6, 6.07) is 1.78. The van der Waals surface area contributed by atoms with Crippen molar-refractivity contribution in [1.29, 1.82) is 0 Å². The quantitative estimate of drug-likeness (QED) is 0.879. The van der Waals surface area contributed by atoms with Gasteiger partial charge in [0.1, 0.15) is 5.75 Å². The highest BCUT2D eigenvalue weighted by Crippen LogP contribution is 2.29. The standard InChI is InChI=1S/C11H14O4S/c1-7-4-9(10(16-7)11(12)13)15-6-8-2-3-14-5-8/h4,8H,2-3,5-6H2,1H3,(H,12,13). The first-order valence-electron chi connectivity index (χ1n) is 5.21. The van der Waals surface area contributed by atoms with E-state index in [1.54, 1.807) is 6.07 Å². The van der Waals surface area contributed by atoms with Crippen LogP contribution in [0.1, 0.15) is 21.0 Å². The third-order valence-corrected chi connectivity index (χ3v) is 3.53. The van der Waals surface area contributed by atoms with Crippen molar-refractivity contribution in [3.8, 4) is 5.75 Å². The fourth-order valence-electron chi connectivity index (χ4n) is 1.67. The SMILES string of the molecule is Cc1cc(OCC2CCOC2)c(C(=O)O)s1. The summed E-state index contributed by atoms with van der Waals surface area (Å²) < 4.78 is 10.8. The summed E-state index contributed by atoms with van der Waals surface area (Å²) in [5, 5.41) is 8.98. The maximum atomic E-state index is 10.9. The monoisotopic (exact) mass is 242 g/mol. The van der Waals surface area contributed by atoms with Gasteiger partial charge in [-0.15, -0.1) is 11.3 Å². The predicted octanol–water partition coefficient (Wildman–Crippen LogP) is 2.17. The molecule has 1 saturated heterocycles. The Morgan fingerprint density at radius 1 is 1.75 bits per heavy atom. The molecule has 0 spiro atoms. The van der Waals surface area contributed by atoms with E-state index in [0.29, 0.717) is 24.9 Å². The highest BCUT2D eigenvalue weighted by molar-refractivity contribution is 7.14. The molecule has 0 aliphatic carbocycles. The summed E-state index contributed by atoms with van der Waals surface area (Å²) in [6.07, 6.45) is 0.992. The highest BCUT2D eigenvalue weighted by atomic mass is 32.1. The molecule has 5 heteroatoms. The smallest absolute Gasteiger partial charge is 0.349 e. The summed E-state index contributed by atoms with van der Waals surface area (Å²) >= 11 is 1.25. The minimum Gasteiger partial charge on any atom is -0.491 e. The third kappa shape index (κ3) is 2.54. The van der Waals surface area contributed by atoms with Gasteiger partial charge in [0, 0.05) is 17.4 Å². The minimum atomic E-state index is -0.921. The Balaban J connectivity index is 1.99. The lowest BCUT2D eigenvalue weighted by atomic mass is 10.1. The molecule has 1 unspecified atom stereocenters. The van der Waals surface area contributed by atoms with E-state index >= 15 is 0 Å². The number of carbonyl (C=O) groups is 1. The van der Waals surface area contributed by atoms with Gasteiger partial charge in [0.05, 0.1) is 13.2 Å². The molecule has 1 atom stereocenters. The first-order chi connectivity index (χ1) is 7.66. The molecular formula is C11H14O4S. The summed E-state index contributed by atoms with van der Waals surface area (Å²) in [4.78, 5) is 12.2. The molecule has 16 heavy (non-hydrogen) atoms. The fraction of sp³-hybridized carbons (Fsp3) is 0.545. The average molecular weight is 242 g/mol. The number of aromatic carboxylic acids is 1. The molecule has 1 aliphatic rings. The Morgan fingerprint density at radius 2 is 2.56 bits per heavy atom. The number of carboxylic acid groups (broad SMARTS) is 1. The molecule has 1 N–H and O–H groups in total. The molecule has 0 amide bonds. The van der Waals surface area contributed by atoms with Crippen LogP contribution in [0.4, 0.5) is 0 Å². The minimum absolute atomic E-state index is 0.288. The zero-order valence-corrected chi connectivity index (χ0v) is 9.88. The largest absolute Gasteiger partial charge is 0.491 e. The second kappa shape index (κ2) is 4.84. The Kier molecular flexibility index (Phi) is 3.46. The maximum Gasteiger partial charge on any atom is 0.349 e. The molecule has 1 aliphatic heterocycles. The van der Waals surface area contributed by atoms with Gasteiger partial charge in [-0.05, 0) is 19.4 Å². The molecule has 1 aromatic heterocycles. The average Bonchev–Trinajstić information content (AvgIpc) is 2.83. The number of hydrogen-bond donors (Lipinski definition) is 1. The molecule has 1 fully saturated rings. The van der Waals surface area contributed by atoms with Crippen LogP contribution in [0.5, 0.6) is 5.75 Å². The van der Waals surface area contributed by atoms with Crippen LogP contribution in [-0.2, 0) is 4.74 Å². The van der Waals surface area contributed by atoms with Gasteiger partial charge in [-0.2, -0.15) is 0 Å². The Hall–Kier alpha value is -1.07. The Morgan fingerprint density at radius 3 is 3.19 bits per heavy atom. The molecule has 0 radical (unpaired) electrons. The van der Waals surface area contributed by atoms with Crippen molar-refractivity contribution >= 4 is 17.3 Å².